The number of halogens is 1. The minimum atomic E-state index is -0.395. The summed E-state index contributed by atoms with van der Waals surface area (Å²) in [5, 5.41) is 2.94. The summed E-state index contributed by atoms with van der Waals surface area (Å²) in [5.74, 6) is -0.772. The molecule has 3 aromatic rings. The lowest BCUT2D eigenvalue weighted by Crippen LogP contribution is -2.27. The Bertz CT molecular complexity index is 903. The molecule has 1 aromatic carbocycles. The van der Waals surface area contributed by atoms with E-state index in [1.165, 1.54) is 6.07 Å². The second-order valence-corrected chi connectivity index (χ2v) is 6.53. The Kier molecular flexibility index (Phi) is 5.66. The minimum Gasteiger partial charge on any atom is -0.356 e. The molecule has 0 saturated carbocycles. The first-order valence-corrected chi connectivity index (χ1v) is 9.06. The predicted molar refractivity (Wildman–Crippen MR) is 101 cm³/mol. The summed E-state index contributed by atoms with van der Waals surface area (Å²) in [6, 6.07) is 12.5. The molecule has 0 fully saturated rings. The van der Waals surface area contributed by atoms with E-state index in [1.54, 1.807) is 24.4 Å². The average Bonchev–Trinajstić information content (AvgIpc) is 3.06. The number of benzene rings is 1. The normalized spacial score (nSPS) is 12.3. The highest BCUT2D eigenvalue weighted by Crippen LogP contribution is 2.31. The zero-order chi connectivity index (χ0) is 18.5. The number of imidazole rings is 1. The van der Waals surface area contributed by atoms with Crippen LogP contribution < -0.4 is 5.32 Å². The molecule has 1 unspecified atom stereocenters. The summed E-state index contributed by atoms with van der Waals surface area (Å²) < 4.78 is 16.5. The highest BCUT2D eigenvalue weighted by molar-refractivity contribution is 5.77. The molecule has 0 spiro atoms. The number of nitrogens with one attached hydrogen (secondary N) is 1. The van der Waals surface area contributed by atoms with Gasteiger partial charge in [-0.3, -0.25) is 4.79 Å². The van der Waals surface area contributed by atoms with Gasteiger partial charge in [0.05, 0.1) is 5.69 Å². The second-order valence-electron chi connectivity index (χ2n) is 6.53. The number of aryl methyl sites for hydroxylation is 1. The summed E-state index contributed by atoms with van der Waals surface area (Å²) in [4.78, 5) is 16.9. The number of amides is 1. The average molecular weight is 353 g/mol. The lowest BCUT2D eigenvalue weighted by molar-refractivity contribution is -0.121. The largest absolute Gasteiger partial charge is 0.356 e. The Hall–Kier alpha value is -2.69. The SMILES string of the molecule is CCCCNC(=O)CC(c1ccccc1F)c1cnc2cccc(C)n12. The molecule has 2 aromatic heterocycles. The lowest BCUT2D eigenvalue weighted by atomic mass is 9.91. The van der Waals surface area contributed by atoms with Gasteiger partial charge >= 0.3 is 0 Å². The highest BCUT2D eigenvalue weighted by atomic mass is 19.1. The van der Waals surface area contributed by atoms with Crippen molar-refractivity contribution < 1.29 is 9.18 Å². The molecule has 4 nitrogen and oxygen atoms in total. The lowest BCUT2D eigenvalue weighted by Gasteiger charge is -2.19. The molecule has 1 N–H and O–H groups in total. The Morgan fingerprint density at radius 2 is 2.04 bits per heavy atom. The topological polar surface area (TPSA) is 46.4 Å². The van der Waals surface area contributed by atoms with Gasteiger partial charge in [0.1, 0.15) is 11.5 Å². The molecule has 1 amide bonds. The number of unbranched alkanes of at least 4 members (excludes halogenated alkanes) is 1. The van der Waals surface area contributed by atoms with Crippen molar-refractivity contribution in [2.24, 2.45) is 0 Å². The summed E-state index contributed by atoms with van der Waals surface area (Å²) in [6.07, 6.45) is 3.89. The Labute approximate surface area is 153 Å². The third-order valence-electron chi connectivity index (χ3n) is 4.63. The maximum absolute atomic E-state index is 14.5. The van der Waals surface area contributed by atoms with Crippen LogP contribution in [0.25, 0.3) is 5.65 Å². The van der Waals surface area contributed by atoms with Gasteiger partial charge in [0.25, 0.3) is 0 Å². The smallest absolute Gasteiger partial charge is 0.221 e. The van der Waals surface area contributed by atoms with E-state index < -0.39 is 5.92 Å². The standard InChI is InChI=1S/C21H24FN3O/c1-3-4-12-23-21(26)13-17(16-9-5-6-10-18(16)22)19-14-24-20-11-7-8-15(2)25(19)20/h5-11,14,17H,3-4,12-13H2,1-2H3,(H,23,26). The molecule has 0 aliphatic heterocycles. The van der Waals surface area contributed by atoms with Crippen LogP contribution in [0.2, 0.25) is 0 Å². The molecule has 0 bridgehead atoms. The maximum atomic E-state index is 14.5. The maximum Gasteiger partial charge on any atom is 0.221 e. The van der Waals surface area contributed by atoms with Crippen molar-refractivity contribution in [3.05, 3.63) is 71.4 Å². The molecule has 2 heterocycles. The first kappa shape index (κ1) is 18.1. The van der Waals surface area contributed by atoms with E-state index >= 15 is 0 Å². The highest BCUT2D eigenvalue weighted by Gasteiger charge is 2.24. The number of fused-ring (bicyclic) bond motifs is 1. The fraction of sp³-hybridized carbons (Fsp3) is 0.333. The third-order valence-corrected chi connectivity index (χ3v) is 4.63. The molecule has 3 rings (SSSR count). The van der Waals surface area contributed by atoms with Crippen molar-refractivity contribution in [3.8, 4) is 0 Å². The number of carbonyl (C=O) groups excluding carboxylic acids is 1. The number of hydrogen-bond acceptors (Lipinski definition) is 2. The number of carbonyl (C=O) groups is 1. The van der Waals surface area contributed by atoms with Crippen LogP contribution in [0.5, 0.6) is 0 Å². The zero-order valence-electron chi connectivity index (χ0n) is 15.2. The molecule has 0 radical (unpaired) electrons. The molecule has 26 heavy (non-hydrogen) atoms. The van der Waals surface area contributed by atoms with Crippen LogP contribution in [-0.4, -0.2) is 21.8 Å². The quantitative estimate of drug-likeness (QED) is 0.647. The van der Waals surface area contributed by atoms with E-state index in [0.29, 0.717) is 12.1 Å². The summed E-state index contributed by atoms with van der Waals surface area (Å²) in [7, 11) is 0. The van der Waals surface area contributed by atoms with Gasteiger partial charge in [0.15, 0.2) is 0 Å². The van der Waals surface area contributed by atoms with E-state index in [1.807, 2.05) is 29.5 Å². The first-order valence-electron chi connectivity index (χ1n) is 9.06. The minimum absolute atomic E-state index is 0.0739. The summed E-state index contributed by atoms with van der Waals surface area (Å²) in [5.41, 5.74) is 3.15. The van der Waals surface area contributed by atoms with Gasteiger partial charge in [-0.15, -0.1) is 0 Å². The molecule has 0 aliphatic rings. The molecular formula is C21H24FN3O. The van der Waals surface area contributed by atoms with E-state index in [2.05, 4.69) is 17.2 Å². The van der Waals surface area contributed by atoms with Gasteiger partial charge in [-0.1, -0.05) is 37.6 Å². The number of pyridine rings is 1. The summed E-state index contributed by atoms with van der Waals surface area (Å²) >= 11 is 0. The van der Waals surface area contributed by atoms with Gasteiger partial charge in [0.2, 0.25) is 5.91 Å². The molecule has 0 aliphatic carbocycles. The van der Waals surface area contributed by atoms with Gasteiger partial charge in [-0.2, -0.15) is 0 Å². The van der Waals surface area contributed by atoms with Crippen LogP contribution in [0.4, 0.5) is 4.39 Å². The van der Waals surface area contributed by atoms with Crippen molar-refractivity contribution >= 4 is 11.6 Å². The van der Waals surface area contributed by atoms with Crippen molar-refractivity contribution in [2.75, 3.05) is 6.54 Å². The second kappa shape index (κ2) is 8.13. The van der Waals surface area contributed by atoms with E-state index in [-0.39, 0.29) is 18.1 Å². The number of aromatic nitrogens is 2. The Morgan fingerprint density at radius 3 is 2.81 bits per heavy atom. The molecule has 1 atom stereocenters. The predicted octanol–water partition coefficient (Wildman–Crippen LogP) is 4.22. The van der Waals surface area contributed by atoms with E-state index in [4.69, 9.17) is 0 Å². The fourth-order valence-corrected chi connectivity index (χ4v) is 3.27. The molecule has 0 saturated heterocycles. The zero-order valence-corrected chi connectivity index (χ0v) is 15.2. The van der Waals surface area contributed by atoms with Crippen LogP contribution >= 0.6 is 0 Å². The van der Waals surface area contributed by atoms with E-state index in [0.717, 1.165) is 29.9 Å². The van der Waals surface area contributed by atoms with Gasteiger partial charge in [-0.05, 0) is 37.1 Å². The van der Waals surface area contributed by atoms with Crippen molar-refractivity contribution in [3.63, 3.8) is 0 Å². The first-order chi connectivity index (χ1) is 12.6. The van der Waals surface area contributed by atoms with Gasteiger partial charge in [0, 0.05) is 30.8 Å². The van der Waals surface area contributed by atoms with Crippen LogP contribution in [0.15, 0.2) is 48.7 Å². The molecular weight excluding hydrogens is 329 g/mol. The van der Waals surface area contributed by atoms with Crippen molar-refractivity contribution in [1.29, 1.82) is 0 Å². The van der Waals surface area contributed by atoms with Gasteiger partial charge in [-0.25, -0.2) is 9.37 Å². The van der Waals surface area contributed by atoms with Crippen LogP contribution in [0.1, 0.15) is 49.1 Å². The number of nitrogens with zero attached hydrogens (tertiary/aromatic N) is 2. The van der Waals surface area contributed by atoms with Crippen molar-refractivity contribution in [2.45, 2.75) is 39.0 Å². The summed E-state index contributed by atoms with van der Waals surface area (Å²) in [6.45, 7) is 4.71. The van der Waals surface area contributed by atoms with Crippen LogP contribution in [0, 0.1) is 12.7 Å². The number of rotatable bonds is 7. The molecule has 136 valence electrons. The third kappa shape index (κ3) is 3.77. The Morgan fingerprint density at radius 1 is 1.23 bits per heavy atom. The van der Waals surface area contributed by atoms with Crippen LogP contribution in [0.3, 0.4) is 0 Å². The number of hydrogen-bond donors (Lipinski definition) is 1. The fourth-order valence-electron chi connectivity index (χ4n) is 3.27. The van der Waals surface area contributed by atoms with Crippen molar-refractivity contribution in [1.82, 2.24) is 14.7 Å². The monoisotopic (exact) mass is 353 g/mol. The molecule has 5 heteroatoms. The van der Waals surface area contributed by atoms with Gasteiger partial charge < -0.3 is 9.72 Å². The Balaban J connectivity index is 2.00. The van der Waals surface area contributed by atoms with Crippen LogP contribution in [-0.2, 0) is 4.79 Å². The van der Waals surface area contributed by atoms with E-state index in [9.17, 15) is 9.18 Å².